The minimum atomic E-state index is 0.0158. The van der Waals surface area contributed by atoms with Crippen LogP contribution in [0.5, 0.6) is 0 Å². The molecule has 1 saturated heterocycles. The van der Waals surface area contributed by atoms with Crippen molar-refractivity contribution in [1.82, 2.24) is 29.5 Å². The lowest BCUT2D eigenvalue weighted by Gasteiger charge is -2.33. The SMILES string of the molecule is CCN1CCN(C(=O)c2csc(CSc3nnc(-c4ccccc4Cl)n3-c3ccc(C)cc3)n2)CC1. The molecule has 0 atom stereocenters. The maximum absolute atomic E-state index is 12.9. The normalized spacial score (nSPS) is 14.4. The average Bonchev–Trinajstić information content (AvgIpc) is 3.55. The number of aromatic nitrogens is 4. The Kier molecular flexibility index (Phi) is 7.71. The van der Waals surface area contributed by atoms with Crippen LogP contribution in [0.4, 0.5) is 0 Å². The highest BCUT2D eigenvalue weighted by molar-refractivity contribution is 7.98. The fourth-order valence-corrected chi connectivity index (χ4v) is 6.10. The summed E-state index contributed by atoms with van der Waals surface area (Å²) in [6.45, 7) is 8.56. The van der Waals surface area contributed by atoms with E-state index in [9.17, 15) is 4.79 Å². The topological polar surface area (TPSA) is 67.2 Å². The number of likely N-dealkylation sites (N-methyl/N-ethyl adjacent to an activating group) is 1. The average molecular weight is 539 g/mol. The molecule has 1 aliphatic rings. The fraction of sp³-hybridized carbons (Fsp3) is 0.308. The highest BCUT2D eigenvalue weighted by atomic mass is 35.5. The monoisotopic (exact) mass is 538 g/mol. The van der Waals surface area contributed by atoms with Crippen molar-refractivity contribution in [2.24, 2.45) is 0 Å². The number of carbonyl (C=O) groups is 1. The Bertz CT molecular complexity index is 1340. The van der Waals surface area contributed by atoms with E-state index in [2.05, 4.69) is 58.2 Å². The molecule has 1 fully saturated rings. The molecule has 1 amide bonds. The van der Waals surface area contributed by atoms with Crippen LogP contribution in [-0.4, -0.2) is 68.2 Å². The molecule has 2 aromatic heterocycles. The van der Waals surface area contributed by atoms with Crippen LogP contribution in [0, 0.1) is 6.92 Å². The highest BCUT2D eigenvalue weighted by Crippen LogP contribution is 2.33. The smallest absolute Gasteiger partial charge is 0.273 e. The number of benzene rings is 2. The molecule has 5 rings (SSSR count). The van der Waals surface area contributed by atoms with Gasteiger partial charge in [-0.3, -0.25) is 9.36 Å². The number of piperazine rings is 1. The number of amides is 1. The van der Waals surface area contributed by atoms with Crippen molar-refractivity contribution in [1.29, 1.82) is 0 Å². The lowest BCUT2D eigenvalue weighted by molar-refractivity contribution is 0.0638. The number of nitrogens with zero attached hydrogens (tertiary/aromatic N) is 6. The van der Waals surface area contributed by atoms with Crippen LogP contribution in [0.3, 0.4) is 0 Å². The van der Waals surface area contributed by atoms with Gasteiger partial charge in [0.1, 0.15) is 10.7 Å². The van der Waals surface area contributed by atoms with Crippen molar-refractivity contribution in [2.75, 3.05) is 32.7 Å². The number of hydrogen-bond acceptors (Lipinski definition) is 7. The summed E-state index contributed by atoms with van der Waals surface area (Å²) in [6.07, 6.45) is 0. The van der Waals surface area contributed by atoms with Crippen molar-refractivity contribution >= 4 is 40.6 Å². The van der Waals surface area contributed by atoms with Crippen LogP contribution in [-0.2, 0) is 5.75 Å². The van der Waals surface area contributed by atoms with E-state index in [1.54, 1.807) is 11.8 Å². The van der Waals surface area contributed by atoms with Crippen molar-refractivity contribution in [2.45, 2.75) is 24.8 Å². The molecule has 0 saturated carbocycles. The Morgan fingerprint density at radius 2 is 1.81 bits per heavy atom. The van der Waals surface area contributed by atoms with E-state index in [4.69, 9.17) is 11.6 Å². The molecule has 0 unspecified atom stereocenters. The first-order valence-corrected chi connectivity index (χ1v) is 14.1. The van der Waals surface area contributed by atoms with E-state index in [1.807, 2.05) is 39.1 Å². The lowest BCUT2D eigenvalue weighted by atomic mass is 10.2. The number of rotatable bonds is 7. The highest BCUT2D eigenvalue weighted by Gasteiger charge is 2.24. The number of halogens is 1. The Balaban J connectivity index is 1.35. The molecule has 0 spiro atoms. The van der Waals surface area contributed by atoms with E-state index >= 15 is 0 Å². The fourth-order valence-electron chi connectivity index (χ4n) is 4.14. The molecule has 10 heteroatoms. The second-order valence-corrected chi connectivity index (χ2v) is 10.9. The Hall–Kier alpha value is -2.72. The van der Waals surface area contributed by atoms with Gasteiger partial charge in [-0.1, -0.05) is 60.1 Å². The van der Waals surface area contributed by atoms with Crippen molar-refractivity contribution in [3.8, 4) is 17.1 Å². The molecule has 0 aliphatic carbocycles. The van der Waals surface area contributed by atoms with Gasteiger partial charge in [0, 0.05) is 42.8 Å². The minimum Gasteiger partial charge on any atom is -0.335 e. The van der Waals surface area contributed by atoms with Crippen molar-refractivity contribution in [3.05, 3.63) is 75.2 Å². The standard InChI is InChI=1S/C26H27ClN6OS2/c1-3-31-12-14-32(15-13-31)25(34)22-16-35-23(28-22)17-36-26-30-29-24(20-6-4-5-7-21(20)27)33(26)19-10-8-18(2)9-11-19/h4-11,16H,3,12-15,17H2,1-2H3. The minimum absolute atomic E-state index is 0.0158. The van der Waals surface area contributed by atoms with Crippen molar-refractivity contribution < 1.29 is 4.79 Å². The van der Waals surface area contributed by atoms with E-state index in [0.717, 1.165) is 54.1 Å². The maximum Gasteiger partial charge on any atom is 0.273 e. The summed E-state index contributed by atoms with van der Waals surface area (Å²) in [4.78, 5) is 21.9. The second kappa shape index (κ2) is 11.1. The van der Waals surface area contributed by atoms with Gasteiger partial charge in [-0.2, -0.15) is 0 Å². The zero-order valence-electron chi connectivity index (χ0n) is 20.2. The molecule has 186 valence electrons. The predicted octanol–water partition coefficient (Wildman–Crippen LogP) is 5.42. The van der Waals surface area contributed by atoms with Gasteiger partial charge in [0.05, 0.1) is 10.8 Å². The Labute approximate surface area is 224 Å². The number of thioether (sulfide) groups is 1. The van der Waals surface area contributed by atoms with Gasteiger partial charge in [0.25, 0.3) is 5.91 Å². The molecular formula is C26H27ClN6OS2. The first-order chi connectivity index (χ1) is 17.5. The molecule has 0 bridgehead atoms. The molecule has 3 heterocycles. The summed E-state index contributed by atoms with van der Waals surface area (Å²) in [5, 5.41) is 13.1. The molecule has 4 aromatic rings. The molecule has 0 radical (unpaired) electrons. The van der Waals surface area contributed by atoms with E-state index in [-0.39, 0.29) is 5.91 Å². The Morgan fingerprint density at radius 1 is 1.06 bits per heavy atom. The van der Waals surface area contributed by atoms with Gasteiger partial charge >= 0.3 is 0 Å². The number of aryl methyl sites for hydroxylation is 1. The third-order valence-corrected chi connectivity index (χ3v) is 8.54. The summed E-state index contributed by atoms with van der Waals surface area (Å²) in [6, 6.07) is 15.9. The summed E-state index contributed by atoms with van der Waals surface area (Å²) in [5.41, 5.74) is 3.49. The zero-order valence-corrected chi connectivity index (χ0v) is 22.6. The van der Waals surface area contributed by atoms with Crippen LogP contribution >= 0.6 is 34.7 Å². The zero-order chi connectivity index (χ0) is 25.1. The van der Waals surface area contributed by atoms with Gasteiger partial charge in [0.2, 0.25) is 0 Å². The van der Waals surface area contributed by atoms with Crippen LogP contribution in [0.25, 0.3) is 17.1 Å². The lowest BCUT2D eigenvalue weighted by Crippen LogP contribution is -2.48. The van der Waals surface area contributed by atoms with Crippen molar-refractivity contribution in [3.63, 3.8) is 0 Å². The quantitative estimate of drug-likeness (QED) is 0.293. The number of hydrogen-bond donors (Lipinski definition) is 0. The predicted molar refractivity (Wildman–Crippen MR) is 146 cm³/mol. The first-order valence-electron chi connectivity index (χ1n) is 11.9. The largest absolute Gasteiger partial charge is 0.335 e. The van der Waals surface area contributed by atoms with Gasteiger partial charge in [-0.05, 0) is 37.7 Å². The third-order valence-electron chi connectivity index (χ3n) is 6.24. The van der Waals surface area contributed by atoms with Crippen LogP contribution < -0.4 is 0 Å². The van der Waals surface area contributed by atoms with Gasteiger partial charge in [-0.15, -0.1) is 21.5 Å². The summed E-state index contributed by atoms with van der Waals surface area (Å²) < 4.78 is 2.03. The van der Waals surface area contributed by atoms with E-state index < -0.39 is 0 Å². The molecule has 36 heavy (non-hydrogen) atoms. The van der Waals surface area contributed by atoms with E-state index in [0.29, 0.717) is 22.3 Å². The van der Waals surface area contributed by atoms with Gasteiger partial charge in [-0.25, -0.2) is 4.98 Å². The number of thiazole rings is 1. The second-order valence-electron chi connectivity index (χ2n) is 8.60. The summed E-state index contributed by atoms with van der Waals surface area (Å²) >= 11 is 9.56. The van der Waals surface area contributed by atoms with Crippen LogP contribution in [0.1, 0.15) is 28.0 Å². The molecule has 0 N–H and O–H groups in total. The first kappa shape index (κ1) is 25.0. The molecule has 2 aromatic carbocycles. The van der Waals surface area contributed by atoms with Crippen LogP contribution in [0.15, 0.2) is 59.1 Å². The third kappa shape index (κ3) is 5.34. The Morgan fingerprint density at radius 3 is 2.53 bits per heavy atom. The van der Waals surface area contributed by atoms with Crippen LogP contribution in [0.2, 0.25) is 5.02 Å². The van der Waals surface area contributed by atoms with E-state index in [1.165, 1.54) is 16.9 Å². The van der Waals surface area contributed by atoms with Gasteiger partial charge < -0.3 is 9.80 Å². The molecule has 1 aliphatic heterocycles. The van der Waals surface area contributed by atoms with Gasteiger partial charge in [0.15, 0.2) is 11.0 Å². The number of carbonyl (C=O) groups excluding carboxylic acids is 1. The maximum atomic E-state index is 12.9. The molecular weight excluding hydrogens is 512 g/mol. The molecule has 7 nitrogen and oxygen atoms in total. The summed E-state index contributed by atoms with van der Waals surface area (Å²) in [7, 11) is 0. The summed E-state index contributed by atoms with van der Waals surface area (Å²) in [5.74, 6) is 1.30.